The summed E-state index contributed by atoms with van der Waals surface area (Å²) in [4.78, 5) is 12.6. The van der Waals surface area contributed by atoms with Crippen LogP contribution in [0.15, 0.2) is 40.9 Å². The van der Waals surface area contributed by atoms with E-state index in [1.807, 2.05) is 50.2 Å². The molecule has 0 aliphatic heterocycles. The third kappa shape index (κ3) is 4.59. The van der Waals surface area contributed by atoms with E-state index < -0.39 is 0 Å². The van der Waals surface area contributed by atoms with Gasteiger partial charge in [-0.25, -0.2) is 4.68 Å². The fraction of sp³-hybridized carbons (Fsp3) is 0.286. The van der Waals surface area contributed by atoms with Crippen molar-refractivity contribution < 1.29 is 14.3 Å². The highest BCUT2D eigenvalue weighted by atomic mass is 79.9. The zero-order chi connectivity index (χ0) is 21.0. The lowest BCUT2D eigenvalue weighted by atomic mass is 10.1. The summed E-state index contributed by atoms with van der Waals surface area (Å²) in [5.74, 6) is 1.10. The van der Waals surface area contributed by atoms with Gasteiger partial charge in [-0.3, -0.25) is 4.79 Å². The summed E-state index contributed by atoms with van der Waals surface area (Å²) in [6.45, 7) is 4.31. The molecule has 152 valence electrons. The summed E-state index contributed by atoms with van der Waals surface area (Å²) in [5.41, 5.74) is 3.99. The average molecular weight is 459 g/mol. The van der Waals surface area contributed by atoms with Crippen LogP contribution in [0.1, 0.15) is 27.3 Å². The number of nitrogens with zero attached hydrogens (tertiary/aromatic N) is 3. The Balaban J connectivity index is 1.66. The molecule has 29 heavy (non-hydrogen) atoms. The Kier molecular flexibility index (Phi) is 6.53. The first kappa shape index (κ1) is 20.9. The van der Waals surface area contributed by atoms with E-state index in [-0.39, 0.29) is 5.91 Å². The molecule has 2 aromatic carbocycles. The Morgan fingerprint density at radius 2 is 1.86 bits per heavy atom. The molecule has 0 aliphatic rings. The average Bonchev–Trinajstić information content (AvgIpc) is 3.11. The third-order valence-corrected chi connectivity index (χ3v) is 5.53. The van der Waals surface area contributed by atoms with Gasteiger partial charge in [-0.05, 0) is 61.7 Å². The number of hydrogen-bond donors (Lipinski definition) is 1. The van der Waals surface area contributed by atoms with Crippen LogP contribution in [0.4, 0.5) is 0 Å². The smallest absolute Gasteiger partial charge is 0.273 e. The van der Waals surface area contributed by atoms with Crippen molar-refractivity contribution in [3.05, 3.63) is 63.4 Å². The first-order valence-electron chi connectivity index (χ1n) is 9.12. The highest BCUT2D eigenvalue weighted by Gasteiger charge is 2.17. The van der Waals surface area contributed by atoms with Crippen molar-refractivity contribution in [3.8, 4) is 17.2 Å². The summed E-state index contributed by atoms with van der Waals surface area (Å²) >= 11 is 3.49. The number of hydrogen-bond acceptors (Lipinski definition) is 5. The molecule has 1 heterocycles. The van der Waals surface area contributed by atoms with Crippen LogP contribution in [-0.4, -0.2) is 41.7 Å². The number of benzene rings is 2. The fourth-order valence-corrected chi connectivity index (χ4v) is 3.23. The van der Waals surface area contributed by atoms with Crippen LogP contribution in [0.5, 0.6) is 11.5 Å². The number of halogens is 1. The van der Waals surface area contributed by atoms with E-state index in [2.05, 4.69) is 31.6 Å². The van der Waals surface area contributed by atoms with Gasteiger partial charge in [0, 0.05) is 11.0 Å². The highest BCUT2D eigenvalue weighted by Crippen LogP contribution is 2.27. The lowest BCUT2D eigenvalue weighted by Crippen LogP contribution is -2.26. The number of amides is 1. The highest BCUT2D eigenvalue weighted by molar-refractivity contribution is 9.10. The van der Waals surface area contributed by atoms with Gasteiger partial charge < -0.3 is 14.8 Å². The van der Waals surface area contributed by atoms with Gasteiger partial charge in [-0.15, -0.1) is 5.10 Å². The maximum atomic E-state index is 12.6. The lowest BCUT2D eigenvalue weighted by molar-refractivity contribution is 0.0948. The van der Waals surface area contributed by atoms with Gasteiger partial charge >= 0.3 is 0 Å². The molecule has 1 N–H and O–H groups in total. The van der Waals surface area contributed by atoms with Crippen LogP contribution in [-0.2, 0) is 6.42 Å². The number of carbonyl (C=O) groups is 1. The summed E-state index contributed by atoms with van der Waals surface area (Å²) < 4.78 is 13.2. The SMILES string of the molecule is COc1ccc(CCNC(=O)c2nnn(-c3ccc(Br)c(C)c3)c2C)cc1OC. The Hall–Kier alpha value is -2.87. The predicted molar refractivity (Wildman–Crippen MR) is 114 cm³/mol. The largest absolute Gasteiger partial charge is 0.493 e. The van der Waals surface area contributed by atoms with Gasteiger partial charge in [-0.2, -0.15) is 0 Å². The van der Waals surface area contributed by atoms with E-state index in [0.29, 0.717) is 35.9 Å². The van der Waals surface area contributed by atoms with Gasteiger partial charge in [0.05, 0.1) is 25.6 Å². The van der Waals surface area contributed by atoms with E-state index in [1.165, 1.54) is 0 Å². The second kappa shape index (κ2) is 9.09. The molecular weight excluding hydrogens is 436 g/mol. The molecule has 8 heteroatoms. The molecule has 0 atom stereocenters. The number of carbonyl (C=O) groups excluding carboxylic acids is 1. The Bertz CT molecular complexity index is 1030. The lowest BCUT2D eigenvalue weighted by Gasteiger charge is -2.10. The topological polar surface area (TPSA) is 78.3 Å². The maximum Gasteiger partial charge on any atom is 0.273 e. The number of ether oxygens (including phenoxy) is 2. The van der Waals surface area contributed by atoms with Crippen molar-refractivity contribution in [2.45, 2.75) is 20.3 Å². The summed E-state index contributed by atoms with van der Waals surface area (Å²) in [6.07, 6.45) is 0.658. The van der Waals surface area contributed by atoms with Crippen molar-refractivity contribution in [2.24, 2.45) is 0 Å². The van der Waals surface area contributed by atoms with Crippen LogP contribution in [0.25, 0.3) is 5.69 Å². The Morgan fingerprint density at radius 3 is 2.55 bits per heavy atom. The second-order valence-electron chi connectivity index (χ2n) is 6.56. The molecule has 0 unspecified atom stereocenters. The van der Waals surface area contributed by atoms with E-state index in [1.54, 1.807) is 18.9 Å². The molecule has 1 aromatic heterocycles. The minimum atomic E-state index is -0.247. The fourth-order valence-electron chi connectivity index (χ4n) is 2.99. The minimum Gasteiger partial charge on any atom is -0.493 e. The zero-order valence-electron chi connectivity index (χ0n) is 16.8. The number of aromatic nitrogens is 3. The Morgan fingerprint density at radius 1 is 1.10 bits per heavy atom. The van der Waals surface area contributed by atoms with Crippen LogP contribution in [0.3, 0.4) is 0 Å². The standard InChI is InChI=1S/C21H23BrN4O3/c1-13-11-16(6-7-17(13)22)26-14(2)20(24-25-26)21(27)23-10-9-15-5-8-18(28-3)19(12-15)29-4/h5-8,11-12H,9-10H2,1-4H3,(H,23,27). The van der Waals surface area contributed by atoms with E-state index in [0.717, 1.165) is 21.3 Å². The third-order valence-electron chi connectivity index (χ3n) is 4.64. The number of aryl methyl sites for hydroxylation is 1. The molecule has 0 fully saturated rings. The summed E-state index contributed by atoms with van der Waals surface area (Å²) in [6, 6.07) is 11.6. The zero-order valence-corrected chi connectivity index (χ0v) is 18.4. The normalized spacial score (nSPS) is 10.7. The molecule has 0 radical (unpaired) electrons. The first-order chi connectivity index (χ1) is 13.9. The maximum absolute atomic E-state index is 12.6. The van der Waals surface area contributed by atoms with Crippen molar-refractivity contribution in [2.75, 3.05) is 20.8 Å². The molecule has 0 saturated carbocycles. The molecular formula is C21H23BrN4O3. The monoisotopic (exact) mass is 458 g/mol. The van der Waals surface area contributed by atoms with Gasteiger partial charge in [-0.1, -0.05) is 27.2 Å². The van der Waals surface area contributed by atoms with E-state index >= 15 is 0 Å². The quantitative estimate of drug-likeness (QED) is 0.584. The van der Waals surface area contributed by atoms with E-state index in [4.69, 9.17) is 9.47 Å². The van der Waals surface area contributed by atoms with Crippen LogP contribution in [0, 0.1) is 13.8 Å². The van der Waals surface area contributed by atoms with Crippen LogP contribution in [0.2, 0.25) is 0 Å². The van der Waals surface area contributed by atoms with Crippen molar-refractivity contribution >= 4 is 21.8 Å². The van der Waals surface area contributed by atoms with Crippen LogP contribution >= 0.6 is 15.9 Å². The van der Waals surface area contributed by atoms with Crippen molar-refractivity contribution in [1.29, 1.82) is 0 Å². The number of rotatable bonds is 7. The molecule has 7 nitrogen and oxygen atoms in total. The molecule has 3 aromatic rings. The Labute approximate surface area is 178 Å². The number of methoxy groups -OCH3 is 2. The molecule has 0 aliphatic carbocycles. The number of nitrogens with one attached hydrogen (secondary N) is 1. The second-order valence-corrected chi connectivity index (χ2v) is 7.42. The van der Waals surface area contributed by atoms with Crippen molar-refractivity contribution in [3.63, 3.8) is 0 Å². The molecule has 3 rings (SSSR count). The van der Waals surface area contributed by atoms with Crippen molar-refractivity contribution in [1.82, 2.24) is 20.3 Å². The van der Waals surface area contributed by atoms with Gasteiger partial charge in [0.15, 0.2) is 17.2 Å². The van der Waals surface area contributed by atoms with Crippen LogP contribution < -0.4 is 14.8 Å². The molecule has 0 spiro atoms. The first-order valence-corrected chi connectivity index (χ1v) is 9.91. The molecule has 0 bridgehead atoms. The van der Waals surface area contributed by atoms with Gasteiger partial charge in [0.25, 0.3) is 5.91 Å². The van der Waals surface area contributed by atoms with E-state index in [9.17, 15) is 4.79 Å². The predicted octanol–water partition coefficient (Wildman–Crippen LogP) is 3.64. The summed E-state index contributed by atoms with van der Waals surface area (Å²) in [7, 11) is 3.20. The van der Waals surface area contributed by atoms with Gasteiger partial charge in [0.2, 0.25) is 0 Å². The molecule has 1 amide bonds. The minimum absolute atomic E-state index is 0.247. The van der Waals surface area contributed by atoms with Gasteiger partial charge in [0.1, 0.15) is 0 Å². The summed E-state index contributed by atoms with van der Waals surface area (Å²) in [5, 5.41) is 11.1. The molecule has 0 saturated heterocycles.